The third-order valence-electron chi connectivity index (χ3n) is 2.94. The van der Waals surface area contributed by atoms with Crippen LogP contribution in [0.25, 0.3) is 0 Å². The smallest absolute Gasteiger partial charge is 0.379 e. The van der Waals surface area contributed by atoms with Crippen molar-refractivity contribution in [1.29, 1.82) is 0 Å². The van der Waals surface area contributed by atoms with Crippen LogP contribution >= 0.6 is 11.6 Å². The van der Waals surface area contributed by atoms with Crippen molar-refractivity contribution in [2.24, 2.45) is 0 Å². The van der Waals surface area contributed by atoms with Gasteiger partial charge in [-0.25, -0.2) is 0 Å². The molecular weight excluding hydrogens is 303 g/mol. The van der Waals surface area contributed by atoms with Gasteiger partial charge in [-0.1, -0.05) is 11.6 Å². The molecule has 1 heterocycles. The fourth-order valence-electron chi connectivity index (χ4n) is 1.85. The van der Waals surface area contributed by atoms with Gasteiger partial charge in [-0.15, -0.1) is 0 Å². The van der Waals surface area contributed by atoms with Gasteiger partial charge in [0, 0.05) is 22.9 Å². The van der Waals surface area contributed by atoms with Gasteiger partial charge in [0.1, 0.15) is 0 Å². The number of anilines is 1. The summed E-state index contributed by atoms with van der Waals surface area (Å²) in [6.45, 7) is 4.17. The Morgan fingerprint density at radius 1 is 1.29 bits per heavy atom. The second kappa shape index (κ2) is 5.97. The van der Waals surface area contributed by atoms with E-state index in [0.29, 0.717) is 5.69 Å². The van der Waals surface area contributed by atoms with Crippen molar-refractivity contribution in [1.82, 2.24) is 9.78 Å². The molecule has 0 fully saturated rings. The summed E-state index contributed by atoms with van der Waals surface area (Å²) in [6, 6.07) is 5.64. The maximum absolute atomic E-state index is 12.9. The van der Waals surface area contributed by atoms with Crippen LogP contribution < -0.4 is 5.32 Å². The van der Waals surface area contributed by atoms with Crippen LogP contribution in [0.5, 0.6) is 0 Å². The largest absolute Gasteiger partial charge is 0.418 e. The van der Waals surface area contributed by atoms with E-state index in [0.717, 1.165) is 6.07 Å². The minimum absolute atomic E-state index is 0.00834. The number of alkyl halides is 3. The van der Waals surface area contributed by atoms with E-state index in [-0.39, 0.29) is 23.3 Å². The Morgan fingerprint density at radius 2 is 2.00 bits per heavy atom. The molecule has 114 valence electrons. The molecule has 0 amide bonds. The standard InChI is InChI=1S/C14H15ClF3N3/c1-9(2)21-6-5-11(20-21)8-19-13-4-3-10(15)7-12(13)14(16,17)18/h3-7,9,19H,8H2,1-2H3. The monoisotopic (exact) mass is 317 g/mol. The SMILES string of the molecule is CC(C)n1ccc(CNc2ccc(Cl)cc2C(F)(F)F)n1. The van der Waals surface area contributed by atoms with E-state index in [1.54, 1.807) is 16.9 Å². The van der Waals surface area contributed by atoms with E-state index < -0.39 is 11.7 Å². The first-order valence-electron chi connectivity index (χ1n) is 6.42. The predicted octanol–water partition coefficient (Wildman–Crippen LogP) is 4.75. The summed E-state index contributed by atoms with van der Waals surface area (Å²) < 4.78 is 40.6. The molecule has 0 atom stereocenters. The van der Waals surface area contributed by atoms with Gasteiger partial charge in [0.25, 0.3) is 0 Å². The molecule has 21 heavy (non-hydrogen) atoms. The fraction of sp³-hybridized carbons (Fsp3) is 0.357. The van der Waals surface area contributed by atoms with Crippen molar-refractivity contribution in [2.75, 3.05) is 5.32 Å². The molecule has 0 bridgehead atoms. The molecule has 1 aromatic carbocycles. The quantitative estimate of drug-likeness (QED) is 0.882. The Labute approximate surface area is 125 Å². The van der Waals surface area contributed by atoms with Crippen LogP contribution in [0.4, 0.5) is 18.9 Å². The fourth-order valence-corrected chi connectivity index (χ4v) is 2.02. The summed E-state index contributed by atoms with van der Waals surface area (Å²) in [6.07, 6.45) is -2.65. The molecule has 0 saturated carbocycles. The minimum atomic E-state index is -4.45. The normalized spacial score (nSPS) is 12.0. The molecule has 7 heteroatoms. The number of halogens is 4. The van der Waals surface area contributed by atoms with E-state index in [1.807, 2.05) is 13.8 Å². The average molecular weight is 318 g/mol. The maximum Gasteiger partial charge on any atom is 0.418 e. The highest BCUT2D eigenvalue weighted by Crippen LogP contribution is 2.36. The van der Waals surface area contributed by atoms with Crippen LogP contribution in [0, 0.1) is 0 Å². The molecule has 3 nitrogen and oxygen atoms in total. The zero-order valence-corrected chi connectivity index (χ0v) is 12.3. The van der Waals surface area contributed by atoms with Gasteiger partial charge < -0.3 is 5.32 Å². The van der Waals surface area contributed by atoms with Crippen LogP contribution in [0.3, 0.4) is 0 Å². The van der Waals surface area contributed by atoms with Gasteiger partial charge >= 0.3 is 6.18 Å². The van der Waals surface area contributed by atoms with Crippen molar-refractivity contribution in [3.63, 3.8) is 0 Å². The van der Waals surface area contributed by atoms with Gasteiger partial charge in [0.2, 0.25) is 0 Å². The van der Waals surface area contributed by atoms with Crippen molar-refractivity contribution in [3.05, 3.63) is 46.7 Å². The zero-order valence-electron chi connectivity index (χ0n) is 11.6. The Bertz CT molecular complexity index is 620. The summed E-state index contributed by atoms with van der Waals surface area (Å²) >= 11 is 5.63. The van der Waals surface area contributed by atoms with Gasteiger partial charge in [0.15, 0.2) is 0 Å². The van der Waals surface area contributed by atoms with Crippen LogP contribution in [0.2, 0.25) is 5.02 Å². The molecule has 2 rings (SSSR count). The Hall–Kier alpha value is -1.69. The number of rotatable bonds is 4. The summed E-state index contributed by atoms with van der Waals surface area (Å²) in [5, 5.41) is 7.09. The Morgan fingerprint density at radius 3 is 2.57 bits per heavy atom. The number of nitrogens with zero attached hydrogens (tertiary/aromatic N) is 2. The van der Waals surface area contributed by atoms with Crippen molar-refractivity contribution in [2.45, 2.75) is 32.6 Å². The zero-order chi connectivity index (χ0) is 15.6. The molecule has 0 saturated heterocycles. The van der Waals surface area contributed by atoms with Crippen molar-refractivity contribution >= 4 is 17.3 Å². The number of benzene rings is 1. The predicted molar refractivity (Wildman–Crippen MR) is 76.4 cm³/mol. The number of aromatic nitrogens is 2. The molecule has 0 aliphatic carbocycles. The minimum Gasteiger partial charge on any atom is -0.379 e. The summed E-state index contributed by atoms with van der Waals surface area (Å²) in [4.78, 5) is 0. The Balaban J connectivity index is 2.16. The highest BCUT2D eigenvalue weighted by molar-refractivity contribution is 6.30. The average Bonchev–Trinajstić information content (AvgIpc) is 2.85. The van der Waals surface area contributed by atoms with Crippen molar-refractivity contribution < 1.29 is 13.2 Å². The van der Waals surface area contributed by atoms with Crippen LogP contribution in [-0.2, 0) is 12.7 Å². The maximum atomic E-state index is 12.9. The van der Waals surface area contributed by atoms with Gasteiger partial charge in [-0.2, -0.15) is 18.3 Å². The molecule has 1 N–H and O–H groups in total. The van der Waals surface area contributed by atoms with Gasteiger partial charge in [0.05, 0.1) is 17.8 Å². The molecule has 1 aromatic heterocycles. The lowest BCUT2D eigenvalue weighted by atomic mass is 10.1. The van der Waals surface area contributed by atoms with E-state index in [4.69, 9.17) is 11.6 Å². The van der Waals surface area contributed by atoms with E-state index >= 15 is 0 Å². The third kappa shape index (κ3) is 3.91. The molecule has 0 spiro atoms. The highest BCUT2D eigenvalue weighted by atomic mass is 35.5. The van der Waals surface area contributed by atoms with Crippen LogP contribution in [-0.4, -0.2) is 9.78 Å². The molecule has 0 aliphatic heterocycles. The van der Waals surface area contributed by atoms with E-state index in [9.17, 15) is 13.2 Å². The number of hydrogen-bond acceptors (Lipinski definition) is 2. The van der Waals surface area contributed by atoms with E-state index in [1.165, 1.54) is 12.1 Å². The molecular formula is C14H15ClF3N3. The first-order chi connectivity index (χ1) is 9.77. The lowest BCUT2D eigenvalue weighted by molar-refractivity contribution is -0.136. The van der Waals surface area contributed by atoms with E-state index in [2.05, 4.69) is 10.4 Å². The molecule has 0 unspecified atom stereocenters. The highest BCUT2D eigenvalue weighted by Gasteiger charge is 2.33. The molecule has 0 aliphatic rings. The molecule has 0 radical (unpaired) electrons. The van der Waals surface area contributed by atoms with Gasteiger partial charge in [-0.3, -0.25) is 4.68 Å². The van der Waals surface area contributed by atoms with Gasteiger partial charge in [-0.05, 0) is 38.1 Å². The Kier molecular flexibility index (Phi) is 4.46. The lowest BCUT2D eigenvalue weighted by Crippen LogP contribution is -2.11. The first-order valence-corrected chi connectivity index (χ1v) is 6.80. The second-order valence-electron chi connectivity index (χ2n) is 4.92. The van der Waals surface area contributed by atoms with Crippen LogP contribution in [0.1, 0.15) is 31.1 Å². The summed E-state index contributed by atoms with van der Waals surface area (Å²) in [5.74, 6) is 0. The second-order valence-corrected chi connectivity index (χ2v) is 5.36. The molecule has 2 aromatic rings. The lowest BCUT2D eigenvalue weighted by Gasteiger charge is -2.14. The topological polar surface area (TPSA) is 29.9 Å². The van der Waals surface area contributed by atoms with Crippen molar-refractivity contribution in [3.8, 4) is 0 Å². The number of nitrogens with one attached hydrogen (secondary N) is 1. The third-order valence-corrected chi connectivity index (χ3v) is 3.17. The number of hydrogen-bond donors (Lipinski definition) is 1. The summed E-state index contributed by atoms with van der Waals surface area (Å²) in [5.41, 5.74) is -0.115. The first kappa shape index (κ1) is 15.7. The summed E-state index contributed by atoms with van der Waals surface area (Å²) in [7, 11) is 0. The van der Waals surface area contributed by atoms with Crippen LogP contribution in [0.15, 0.2) is 30.5 Å².